The molecule has 1 fully saturated rings. The fourth-order valence-electron chi connectivity index (χ4n) is 2.80. The summed E-state index contributed by atoms with van der Waals surface area (Å²) in [4.78, 5) is 1.94. The molecule has 2 rings (SSSR count). The van der Waals surface area contributed by atoms with Crippen molar-refractivity contribution in [3.63, 3.8) is 0 Å². The Morgan fingerprint density at radius 2 is 1.88 bits per heavy atom. The zero-order chi connectivity index (χ0) is 12.3. The van der Waals surface area contributed by atoms with E-state index < -0.39 is 0 Å². The average Bonchev–Trinajstić information content (AvgIpc) is 2.30. The first-order chi connectivity index (χ1) is 8.16. The number of anilines is 1. The number of nitrogens with zero attached hydrogens (tertiary/aromatic N) is 1. The summed E-state index contributed by atoms with van der Waals surface area (Å²) in [5, 5.41) is 9.95. The maximum absolute atomic E-state index is 9.95. The van der Waals surface area contributed by atoms with Crippen LogP contribution in [0, 0.1) is 5.92 Å². The third-order valence-corrected chi connectivity index (χ3v) is 3.77. The Kier molecular flexibility index (Phi) is 3.93. The van der Waals surface area contributed by atoms with Crippen molar-refractivity contribution in [1.29, 1.82) is 0 Å². The maximum Gasteiger partial charge on any atom is 0.139 e. The molecule has 0 aliphatic heterocycles. The number of phenolic OH excluding ortho intramolecular Hbond substituents is 1. The normalized spacial score (nSPS) is 17.1. The summed E-state index contributed by atoms with van der Waals surface area (Å²) >= 11 is 0. The van der Waals surface area contributed by atoms with E-state index in [0.717, 1.165) is 18.0 Å². The number of aromatic hydroxyl groups is 1. The highest BCUT2D eigenvalue weighted by molar-refractivity contribution is 5.58. The molecule has 1 N–H and O–H groups in total. The van der Waals surface area contributed by atoms with Gasteiger partial charge in [0.2, 0.25) is 0 Å². The molecule has 0 radical (unpaired) electrons. The lowest BCUT2D eigenvalue weighted by molar-refractivity contribution is 0.356. The molecule has 0 atom stereocenters. The van der Waals surface area contributed by atoms with E-state index in [0.29, 0.717) is 5.75 Å². The molecule has 1 aromatic rings. The number of hydrogen-bond donors (Lipinski definition) is 1. The predicted molar refractivity (Wildman–Crippen MR) is 72.7 cm³/mol. The van der Waals surface area contributed by atoms with Crippen molar-refractivity contribution >= 4 is 5.69 Å². The predicted octanol–water partition coefficient (Wildman–Crippen LogP) is 3.58. The number of hydrogen-bond acceptors (Lipinski definition) is 2. The third-order valence-electron chi connectivity index (χ3n) is 3.77. The lowest BCUT2D eigenvalue weighted by Crippen LogP contribution is -2.11. The number of rotatable bonds is 3. The fraction of sp³-hybridized carbons (Fsp3) is 0.600. The van der Waals surface area contributed by atoms with E-state index in [1.807, 2.05) is 31.1 Å². The highest BCUT2D eigenvalue weighted by Gasteiger charge is 2.14. The number of phenols is 1. The summed E-state index contributed by atoms with van der Waals surface area (Å²) in [5.41, 5.74) is 2.18. The zero-order valence-electron chi connectivity index (χ0n) is 10.9. The van der Waals surface area contributed by atoms with Crippen LogP contribution in [-0.2, 0) is 6.42 Å². The Morgan fingerprint density at radius 1 is 1.18 bits per heavy atom. The Balaban J connectivity index is 2.04. The van der Waals surface area contributed by atoms with Crippen LogP contribution in [0.5, 0.6) is 5.75 Å². The molecule has 0 aromatic heterocycles. The SMILES string of the molecule is CN(C)c1ccc(CC2CCCCC2)cc1O. The summed E-state index contributed by atoms with van der Waals surface area (Å²) in [7, 11) is 3.91. The zero-order valence-corrected chi connectivity index (χ0v) is 10.9. The lowest BCUT2D eigenvalue weighted by atomic mass is 9.85. The van der Waals surface area contributed by atoms with Crippen LogP contribution >= 0.6 is 0 Å². The van der Waals surface area contributed by atoms with Crippen molar-refractivity contribution in [2.24, 2.45) is 5.92 Å². The van der Waals surface area contributed by atoms with Gasteiger partial charge in [-0.05, 0) is 30.0 Å². The molecular formula is C15H23NO. The Bertz CT molecular complexity index is 367. The van der Waals surface area contributed by atoms with Gasteiger partial charge in [-0.2, -0.15) is 0 Å². The van der Waals surface area contributed by atoms with Gasteiger partial charge in [0.15, 0.2) is 0 Å². The molecule has 17 heavy (non-hydrogen) atoms. The van der Waals surface area contributed by atoms with Gasteiger partial charge in [0.05, 0.1) is 5.69 Å². The van der Waals surface area contributed by atoms with E-state index in [-0.39, 0.29) is 0 Å². The van der Waals surface area contributed by atoms with Gasteiger partial charge < -0.3 is 10.0 Å². The maximum atomic E-state index is 9.95. The molecular weight excluding hydrogens is 210 g/mol. The van der Waals surface area contributed by atoms with Crippen LogP contribution in [0.3, 0.4) is 0 Å². The van der Waals surface area contributed by atoms with Gasteiger partial charge in [0.25, 0.3) is 0 Å². The number of benzene rings is 1. The monoisotopic (exact) mass is 233 g/mol. The second kappa shape index (κ2) is 5.44. The van der Waals surface area contributed by atoms with Crippen LogP contribution in [0.4, 0.5) is 5.69 Å². The van der Waals surface area contributed by atoms with Crippen LogP contribution < -0.4 is 4.90 Å². The minimum Gasteiger partial charge on any atom is -0.506 e. The molecule has 0 amide bonds. The van der Waals surface area contributed by atoms with Crippen LogP contribution in [0.25, 0.3) is 0 Å². The first-order valence-corrected chi connectivity index (χ1v) is 6.66. The summed E-state index contributed by atoms with van der Waals surface area (Å²) in [6.45, 7) is 0. The molecule has 94 valence electrons. The highest BCUT2D eigenvalue weighted by atomic mass is 16.3. The molecule has 2 heteroatoms. The largest absolute Gasteiger partial charge is 0.506 e. The first kappa shape index (κ1) is 12.3. The molecule has 1 aliphatic carbocycles. The Morgan fingerprint density at radius 3 is 2.47 bits per heavy atom. The molecule has 0 bridgehead atoms. The molecule has 0 spiro atoms. The van der Waals surface area contributed by atoms with Crippen molar-refractivity contribution in [3.8, 4) is 5.75 Å². The highest BCUT2D eigenvalue weighted by Crippen LogP contribution is 2.31. The van der Waals surface area contributed by atoms with Gasteiger partial charge in [-0.25, -0.2) is 0 Å². The summed E-state index contributed by atoms with van der Waals surface area (Å²) < 4.78 is 0. The van der Waals surface area contributed by atoms with Gasteiger partial charge in [-0.3, -0.25) is 0 Å². The molecule has 2 nitrogen and oxygen atoms in total. The molecule has 0 unspecified atom stereocenters. The van der Waals surface area contributed by atoms with Crippen LogP contribution in [0.15, 0.2) is 18.2 Å². The van der Waals surface area contributed by atoms with Crippen molar-refractivity contribution in [1.82, 2.24) is 0 Å². The summed E-state index contributed by atoms with van der Waals surface area (Å²) in [6, 6.07) is 6.11. The van der Waals surface area contributed by atoms with E-state index in [9.17, 15) is 5.11 Å². The molecule has 1 saturated carbocycles. The van der Waals surface area contributed by atoms with E-state index in [1.54, 1.807) is 0 Å². The van der Waals surface area contributed by atoms with E-state index in [1.165, 1.54) is 37.7 Å². The summed E-state index contributed by atoms with van der Waals surface area (Å²) in [5.74, 6) is 1.23. The van der Waals surface area contributed by atoms with Gasteiger partial charge in [-0.15, -0.1) is 0 Å². The molecule has 0 saturated heterocycles. The lowest BCUT2D eigenvalue weighted by Gasteiger charge is -2.22. The van der Waals surface area contributed by atoms with Crippen molar-refractivity contribution in [2.45, 2.75) is 38.5 Å². The van der Waals surface area contributed by atoms with Crippen molar-refractivity contribution < 1.29 is 5.11 Å². The Labute approximate surface area is 104 Å². The van der Waals surface area contributed by atoms with Gasteiger partial charge in [0, 0.05) is 14.1 Å². The van der Waals surface area contributed by atoms with Crippen molar-refractivity contribution in [3.05, 3.63) is 23.8 Å². The second-order valence-electron chi connectivity index (χ2n) is 5.43. The minimum atomic E-state index is 0.406. The van der Waals surface area contributed by atoms with E-state index >= 15 is 0 Å². The average molecular weight is 233 g/mol. The first-order valence-electron chi connectivity index (χ1n) is 6.66. The van der Waals surface area contributed by atoms with Crippen LogP contribution in [0.1, 0.15) is 37.7 Å². The third kappa shape index (κ3) is 3.15. The minimum absolute atomic E-state index is 0.406. The Hall–Kier alpha value is -1.18. The van der Waals surface area contributed by atoms with E-state index in [2.05, 4.69) is 6.07 Å². The second-order valence-corrected chi connectivity index (χ2v) is 5.43. The van der Waals surface area contributed by atoms with E-state index in [4.69, 9.17) is 0 Å². The summed E-state index contributed by atoms with van der Waals surface area (Å²) in [6.07, 6.45) is 8.01. The molecule has 0 heterocycles. The van der Waals surface area contributed by atoms with Crippen molar-refractivity contribution in [2.75, 3.05) is 19.0 Å². The topological polar surface area (TPSA) is 23.5 Å². The van der Waals surface area contributed by atoms with Crippen LogP contribution in [0.2, 0.25) is 0 Å². The standard InChI is InChI=1S/C15H23NO/c1-16(2)14-9-8-13(11-15(14)17)10-12-6-4-3-5-7-12/h8-9,11-12,17H,3-7,10H2,1-2H3. The van der Waals surface area contributed by atoms with Crippen LogP contribution in [-0.4, -0.2) is 19.2 Å². The fourth-order valence-corrected chi connectivity index (χ4v) is 2.80. The van der Waals surface area contributed by atoms with Gasteiger partial charge in [-0.1, -0.05) is 38.2 Å². The quantitative estimate of drug-likeness (QED) is 0.862. The van der Waals surface area contributed by atoms with Gasteiger partial charge in [0.1, 0.15) is 5.75 Å². The molecule has 1 aliphatic rings. The smallest absolute Gasteiger partial charge is 0.139 e. The molecule has 1 aromatic carbocycles. The van der Waals surface area contributed by atoms with Gasteiger partial charge >= 0.3 is 0 Å².